The Balaban J connectivity index is 1.65. The molecule has 1 atom stereocenters. The number of fused-ring (bicyclic) bond motifs is 1. The van der Waals surface area contributed by atoms with Crippen LogP contribution < -0.4 is 5.32 Å². The number of aromatic nitrogens is 4. The fourth-order valence-corrected chi connectivity index (χ4v) is 4.56. The summed E-state index contributed by atoms with van der Waals surface area (Å²) in [5.74, 6) is 2.45. The van der Waals surface area contributed by atoms with E-state index in [1.165, 1.54) is 19.4 Å². The van der Waals surface area contributed by atoms with Crippen LogP contribution >= 0.6 is 0 Å². The predicted octanol–water partition coefficient (Wildman–Crippen LogP) is 5.03. The lowest BCUT2D eigenvalue weighted by atomic mass is 10.2. The first-order valence-electron chi connectivity index (χ1n) is 11.1. The van der Waals surface area contributed by atoms with Gasteiger partial charge in [0.2, 0.25) is 0 Å². The highest BCUT2D eigenvalue weighted by molar-refractivity contribution is 5.88. The van der Waals surface area contributed by atoms with Gasteiger partial charge in [-0.1, -0.05) is 55.5 Å². The third kappa shape index (κ3) is 3.91. The van der Waals surface area contributed by atoms with Crippen molar-refractivity contribution in [1.29, 1.82) is 0 Å². The van der Waals surface area contributed by atoms with Crippen molar-refractivity contribution < 1.29 is 0 Å². The van der Waals surface area contributed by atoms with Crippen molar-refractivity contribution in [2.24, 2.45) is 0 Å². The average Bonchev–Trinajstić information content (AvgIpc) is 3.40. The Bertz CT molecular complexity index is 1170. The van der Waals surface area contributed by atoms with Gasteiger partial charge in [-0.05, 0) is 45.0 Å². The fourth-order valence-electron chi connectivity index (χ4n) is 4.56. The Kier molecular flexibility index (Phi) is 5.38. The van der Waals surface area contributed by atoms with Crippen LogP contribution in [0.2, 0.25) is 0 Å². The summed E-state index contributed by atoms with van der Waals surface area (Å²) in [5.41, 5.74) is 3.80. The highest BCUT2D eigenvalue weighted by atomic mass is 15.2. The summed E-state index contributed by atoms with van der Waals surface area (Å²) in [7, 11) is 0. The smallest absolute Gasteiger partial charge is 0.166 e. The van der Waals surface area contributed by atoms with Crippen LogP contribution in [0.25, 0.3) is 22.6 Å². The SMILES string of the molecule is CCN1CCCC1Cn1c(-c2ccccc2)nc2c(Nc3ccccc3)nc(C)nc21. The topological polar surface area (TPSA) is 58.9 Å². The zero-order valence-corrected chi connectivity index (χ0v) is 18.1. The molecule has 1 saturated heterocycles. The number of benzene rings is 2. The molecular formula is C25H28N6. The van der Waals surface area contributed by atoms with Gasteiger partial charge in [0.1, 0.15) is 11.6 Å². The van der Waals surface area contributed by atoms with E-state index < -0.39 is 0 Å². The molecule has 6 nitrogen and oxygen atoms in total. The zero-order chi connectivity index (χ0) is 21.2. The number of nitrogens with one attached hydrogen (secondary N) is 1. The van der Waals surface area contributed by atoms with Crippen LogP contribution in [0.4, 0.5) is 11.5 Å². The van der Waals surface area contributed by atoms with Gasteiger partial charge < -0.3 is 9.88 Å². The molecule has 5 rings (SSSR count). The third-order valence-corrected chi connectivity index (χ3v) is 6.07. The van der Waals surface area contributed by atoms with Gasteiger partial charge in [-0.3, -0.25) is 4.90 Å². The van der Waals surface area contributed by atoms with Crippen LogP contribution in [0.3, 0.4) is 0 Å². The van der Waals surface area contributed by atoms with E-state index in [0.29, 0.717) is 6.04 Å². The Labute approximate surface area is 183 Å². The monoisotopic (exact) mass is 412 g/mol. The summed E-state index contributed by atoms with van der Waals surface area (Å²) in [6, 6.07) is 21.0. The second-order valence-electron chi connectivity index (χ2n) is 8.12. The molecule has 158 valence electrons. The van der Waals surface area contributed by atoms with Gasteiger partial charge in [0, 0.05) is 23.8 Å². The number of hydrogen-bond donors (Lipinski definition) is 1. The van der Waals surface area contributed by atoms with Crippen molar-refractivity contribution in [2.75, 3.05) is 18.4 Å². The quantitative estimate of drug-likeness (QED) is 0.481. The molecular weight excluding hydrogens is 384 g/mol. The molecule has 0 bridgehead atoms. The molecule has 1 unspecified atom stereocenters. The highest BCUT2D eigenvalue weighted by Crippen LogP contribution is 2.31. The maximum atomic E-state index is 5.07. The maximum Gasteiger partial charge on any atom is 0.166 e. The number of likely N-dealkylation sites (tertiary alicyclic amines) is 1. The maximum absolute atomic E-state index is 5.07. The summed E-state index contributed by atoms with van der Waals surface area (Å²) >= 11 is 0. The summed E-state index contributed by atoms with van der Waals surface area (Å²) < 4.78 is 2.30. The lowest BCUT2D eigenvalue weighted by Gasteiger charge is -2.24. The van der Waals surface area contributed by atoms with Crippen LogP contribution in [-0.4, -0.2) is 43.6 Å². The van der Waals surface area contributed by atoms with E-state index in [0.717, 1.165) is 53.0 Å². The largest absolute Gasteiger partial charge is 0.338 e. The molecule has 2 aromatic heterocycles. The minimum absolute atomic E-state index is 0.505. The minimum Gasteiger partial charge on any atom is -0.338 e. The number of hydrogen-bond acceptors (Lipinski definition) is 5. The van der Waals surface area contributed by atoms with Crippen LogP contribution in [-0.2, 0) is 6.54 Å². The standard InChI is InChI=1S/C25H28N6/c1-3-30-16-10-15-21(30)17-31-24(19-11-6-4-7-12-19)29-22-23(26-18(2)27-25(22)31)28-20-13-8-5-9-14-20/h4-9,11-14,21H,3,10,15-17H2,1-2H3,(H,26,27,28). The first-order valence-corrected chi connectivity index (χ1v) is 11.1. The van der Waals surface area contributed by atoms with Gasteiger partial charge in [-0.2, -0.15) is 0 Å². The predicted molar refractivity (Wildman–Crippen MR) is 125 cm³/mol. The van der Waals surface area contributed by atoms with Gasteiger partial charge in [0.25, 0.3) is 0 Å². The second-order valence-corrected chi connectivity index (χ2v) is 8.12. The zero-order valence-electron chi connectivity index (χ0n) is 18.1. The number of anilines is 2. The molecule has 1 aliphatic heterocycles. The van der Waals surface area contributed by atoms with Gasteiger partial charge in [-0.25, -0.2) is 15.0 Å². The lowest BCUT2D eigenvalue weighted by molar-refractivity contribution is 0.246. The van der Waals surface area contributed by atoms with E-state index in [-0.39, 0.29) is 0 Å². The number of likely N-dealkylation sites (N-methyl/N-ethyl adjacent to an activating group) is 1. The van der Waals surface area contributed by atoms with E-state index in [4.69, 9.17) is 15.0 Å². The van der Waals surface area contributed by atoms with Gasteiger partial charge in [0.05, 0.1) is 0 Å². The second kappa shape index (κ2) is 8.47. The van der Waals surface area contributed by atoms with Crippen molar-refractivity contribution in [3.05, 3.63) is 66.5 Å². The first-order chi connectivity index (χ1) is 15.2. The van der Waals surface area contributed by atoms with E-state index in [1.807, 2.05) is 43.3 Å². The minimum atomic E-state index is 0.505. The van der Waals surface area contributed by atoms with Gasteiger partial charge in [0.15, 0.2) is 17.0 Å². The molecule has 31 heavy (non-hydrogen) atoms. The Morgan fingerprint density at radius 2 is 1.71 bits per heavy atom. The molecule has 1 N–H and O–H groups in total. The van der Waals surface area contributed by atoms with E-state index in [2.05, 4.69) is 46.0 Å². The normalized spacial score (nSPS) is 16.8. The Morgan fingerprint density at radius 1 is 0.968 bits per heavy atom. The molecule has 0 aliphatic carbocycles. The molecule has 0 amide bonds. The summed E-state index contributed by atoms with van der Waals surface area (Å²) in [5, 5.41) is 3.46. The molecule has 0 radical (unpaired) electrons. The lowest BCUT2D eigenvalue weighted by Crippen LogP contribution is -2.33. The Morgan fingerprint density at radius 3 is 2.45 bits per heavy atom. The molecule has 0 saturated carbocycles. The van der Waals surface area contributed by atoms with Crippen LogP contribution in [0.1, 0.15) is 25.6 Å². The number of rotatable bonds is 6. The molecule has 3 heterocycles. The molecule has 1 fully saturated rings. The van der Waals surface area contributed by atoms with E-state index in [1.54, 1.807) is 0 Å². The molecule has 2 aromatic carbocycles. The Hall–Kier alpha value is -3.25. The molecule has 0 spiro atoms. The number of aryl methyl sites for hydroxylation is 1. The van der Waals surface area contributed by atoms with Crippen molar-refractivity contribution in [1.82, 2.24) is 24.4 Å². The number of para-hydroxylation sites is 1. The summed E-state index contributed by atoms with van der Waals surface area (Å²) in [6.45, 7) is 7.32. The third-order valence-electron chi connectivity index (χ3n) is 6.07. The van der Waals surface area contributed by atoms with Crippen LogP contribution in [0.5, 0.6) is 0 Å². The van der Waals surface area contributed by atoms with Gasteiger partial charge >= 0.3 is 0 Å². The van der Waals surface area contributed by atoms with Crippen molar-refractivity contribution >= 4 is 22.7 Å². The average molecular weight is 413 g/mol. The van der Waals surface area contributed by atoms with Crippen molar-refractivity contribution in [3.63, 3.8) is 0 Å². The molecule has 4 aromatic rings. The number of imidazole rings is 1. The summed E-state index contributed by atoms with van der Waals surface area (Å²) in [4.78, 5) is 17.2. The summed E-state index contributed by atoms with van der Waals surface area (Å²) in [6.07, 6.45) is 2.46. The van der Waals surface area contributed by atoms with E-state index >= 15 is 0 Å². The molecule has 6 heteroatoms. The van der Waals surface area contributed by atoms with Crippen LogP contribution in [0, 0.1) is 6.92 Å². The van der Waals surface area contributed by atoms with Crippen molar-refractivity contribution in [2.45, 2.75) is 39.3 Å². The van der Waals surface area contributed by atoms with E-state index in [9.17, 15) is 0 Å². The fraction of sp³-hybridized carbons (Fsp3) is 0.320. The highest BCUT2D eigenvalue weighted by Gasteiger charge is 2.27. The van der Waals surface area contributed by atoms with Crippen molar-refractivity contribution in [3.8, 4) is 11.4 Å². The molecule has 1 aliphatic rings. The first kappa shape index (κ1) is 19.7. The van der Waals surface area contributed by atoms with Crippen LogP contribution in [0.15, 0.2) is 60.7 Å². The van der Waals surface area contributed by atoms with Gasteiger partial charge in [-0.15, -0.1) is 0 Å². The number of nitrogens with zero attached hydrogens (tertiary/aromatic N) is 5.